The Bertz CT molecular complexity index is 671. The standard InChI is InChI=1S/C17H15BrFNO3/c18-14-8-13(9-15(19)10-14)17(22)20-7-6-16(21)23-11-12-4-2-1-3-5-12/h1-5,8-10H,6-7,11H2,(H,20,22). The van der Waals surface area contributed by atoms with E-state index in [0.717, 1.165) is 11.6 Å². The molecule has 0 aromatic heterocycles. The van der Waals surface area contributed by atoms with E-state index in [9.17, 15) is 14.0 Å². The summed E-state index contributed by atoms with van der Waals surface area (Å²) in [5.41, 5.74) is 1.09. The van der Waals surface area contributed by atoms with Gasteiger partial charge in [0.15, 0.2) is 0 Å². The summed E-state index contributed by atoms with van der Waals surface area (Å²) in [5, 5.41) is 2.56. The number of carbonyl (C=O) groups excluding carboxylic acids is 2. The summed E-state index contributed by atoms with van der Waals surface area (Å²) in [6.07, 6.45) is 0.0507. The first-order chi connectivity index (χ1) is 11.0. The van der Waals surface area contributed by atoms with Crippen LogP contribution in [0.2, 0.25) is 0 Å². The molecule has 0 aliphatic rings. The minimum Gasteiger partial charge on any atom is -0.461 e. The fourth-order valence-corrected chi connectivity index (χ4v) is 2.34. The predicted molar refractivity (Wildman–Crippen MR) is 87.3 cm³/mol. The normalized spacial score (nSPS) is 10.2. The summed E-state index contributed by atoms with van der Waals surface area (Å²) < 4.78 is 18.8. The zero-order valence-corrected chi connectivity index (χ0v) is 13.8. The van der Waals surface area contributed by atoms with Crippen LogP contribution in [0.25, 0.3) is 0 Å². The Morgan fingerprint density at radius 1 is 1.13 bits per heavy atom. The second-order valence-corrected chi connectivity index (χ2v) is 5.73. The van der Waals surface area contributed by atoms with Gasteiger partial charge in [0, 0.05) is 16.6 Å². The van der Waals surface area contributed by atoms with Crippen LogP contribution >= 0.6 is 15.9 Å². The topological polar surface area (TPSA) is 55.4 Å². The monoisotopic (exact) mass is 379 g/mol. The molecular formula is C17H15BrFNO3. The molecular weight excluding hydrogens is 365 g/mol. The van der Waals surface area contributed by atoms with Crippen molar-refractivity contribution < 1.29 is 18.7 Å². The molecule has 0 radical (unpaired) electrons. The van der Waals surface area contributed by atoms with E-state index in [0.29, 0.717) is 4.47 Å². The van der Waals surface area contributed by atoms with E-state index < -0.39 is 17.7 Å². The molecule has 120 valence electrons. The second kappa shape index (κ2) is 8.43. The largest absolute Gasteiger partial charge is 0.461 e. The molecule has 2 rings (SSSR count). The summed E-state index contributed by atoms with van der Waals surface area (Å²) in [6.45, 7) is 0.324. The molecule has 2 aromatic carbocycles. The Hall–Kier alpha value is -2.21. The highest BCUT2D eigenvalue weighted by atomic mass is 79.9. The molecule has 23 heavy (non-hydrogen) atoms. The lowest BCUT2D eigenvalue weighted by atomic mass is 10.2. The van der Waals surface area contributed by atoms with Crippen LogP contribution in [0.15, 0.2) is 53.0 Å². The van der Waals surface area contributed by atoms with Gasteiger partial charge in [-0.2, -0.15) is 0 Å². The minimum atomic E-state index is -0.508. The van der Waals surface area contributed by atoms with Crippen LogP contribution in [0.1, 0.15) is 22.3 Å². The van der Waals surface area contributed by atoms with Crippen molar-refractivity contribution in [3.8, 4) is 0 Å². The van der Waals surface area contributed by atoms with Crippen molar-refractivity contribution in [2.24, 2.45) is 0 Å². The summed E-state index contributed by atoms with van der Waals surface area (Å²) in [4.78, 5) is 23.5. The Kier molecular flexibility index (Phi) is 6.29. The smallest absolute Gasteiger partial charge is 0.307 e. The van der Waals surface area contributed by atoms with Gasteiger partial charge in [-0.1, -0.05) is 46.3 Å². The third-order valence-corrected chi connectivity index (χ3v) is 3.44. The highest BCUT2D eigenvalue weighted by Gasteiger charge is 2.09. The van der Waals surface area contributed by atoms with Crippen LogP contribution in [-0.4, -0.2) is 18.4 Å². The number of rotatable bonds is 6. The number of ether oxygens (including phenoxy) is 1. The van der Waals surface area contributed by atoms with Gasteiger partial charge in [-0.15, -0.1) is 0 Å². The van der Waals surface area contributed by atoms with Crippen molar-refractivity contribution in [2.75, 3.05) is 6.54 Å². The van der Waals surface area contributed by atoms with Crippen molar-refractivity contribution >= 4 is 27.8 Å². The van der Waals surface area contributed by atoms with Crippen molar-refractivity contribution in [3.63, 3.8) is 0 Å². The average Bonchev–Trinajstić information content (AvgIpc) is 2.53. The Balaban J connectivity index is 1.73. The van der Waals surface area contributed by atoms with Crippen molar-refractivity contribution in [1.82, 2.24) is 5.32 Å². The number of benzene rings is 2. The molecule has 1 amide bonds. The summed E-state index contributed by atoms with van der Waals surface area (Å²) in [7, 11) is 0. The van der Waals surface area contributed by atoms with Gasteiger partial charge < -0.3 is 10.1 Å². The first-order valence-electron chi connectivity index (χ1n) is 6.98. The third-order valence-electron chi connectivity index (χ3n) is 2.98. The van der Waals surface area contributed by atoms with E-state index in [2.05, 4.69) is 21.2 Å². The fraction of sp³-hybridized carbons (Fsp3) is 0.176. The Morgan fingerprint density at radius 3 is 2.57 bits per heavy atom. The molecule has 6 heteroatoms. The second-order valence-electron chi connectivity index (χ2n) is 4.81. The lowest BCUT2D eigenvalue weighted by Crippen LogP contribution is -2.26. The van der Waals surface area contributed by atoms with Gasteiger partial charge in [0.2, 0.25) is 0 Å². The van der Waals surface area contributed by atoms with E-state index in [1.54, 1.807) is 0 Å². The zero-order chi connectivity index (χ0) is 16.7. The van der Waals surface area contributed by atoms with Gasteiger partial charge >= 0.3 is 5.97 Å². The average molecular weight is 380 g/mol. The van der Waals surface area contributed by atoms with Gasteiger partial charge in [0.05, 0.1) is 6.42 Å². The van der Waals surface area contributed by atoms with Crippen molar-refractivity contribution in [1.29, 1.82) is 0 Å². The van der Waals surface area contributed by atoms with Gasteiger partial charge in [-0.3, -0.25) is 9.59 Å². The van der Waals surface area contributed by atoms with Crippen LogP contribution < -0.4 is 5.32 Å². The van der Waals surface area contributed by atoms with E-state index in [1.165, 1.54) is 12.1 Å². The number of nitrogens with one attached hydrogen (secondary N) is 1. The third kappa shape index (κ3) is 5.83. The number of hydrogen-bond donors (Lipinski definition) is 1. The molecule has 0 bridgehead atoms. The quantitative estimate of drug-likeness (QED) is 0.782. The zero-order valence-electron chi connectivity index (χ0n) is 12.2. The Morgan fingerprint density at radius 2 is 1.87 bits per heavy atom. The summed E-state index contributed by atoms with van der Waals surface area (Å²) in [6, 6.07) is 13.2. The highest BCUT2D eigenvalue weighted by molar-refractivity contribution is 9.10. The van der Waals surface area contributed by atoms with Crippen molar-refractivity contribution in [2.45, 2.75) is 13.0 Å². The first-order valence-corrected chi connectivity index (χ1v) is 7.78. The molecule has 0 saturated heterocycles. The van der Waals surface area contributed by atoms with Crippen LogP contribution in [-0.2, 0) is 16.1 Å². The molecule has 0 fully saturated rings. The lowest BCUT2D eigenvalue weighted by Gasteiger charge is -2.07. The van der Waals surface area contributed by atoms with E-state index in [4.69, 9.17) is 4.74 Å². The summed E-state index contributed by atoms with van der Waals surface area (Å²) in [5.74, 6) is -1.36. The molecule has 0 aliphatic heterocycles. The predicted octanol–water partition coefficient (Wildman–Crippen LogP) is 3.45. The summed E-state index contributed by atoms with van der Waals surface area (Å²) >= 11 is 3.12. The number of carbonyl (C=O) groups is 2. The molecule has 0 aliphatic carbocycles. The van der Waals surface area contributed by atoms with E-state index in [-0.39, 0.29) is 25.1 Å². The van der Waals surface area contributed by atoms with Crippen LogP contribution in [0.3, 0.4) is 0 Å². The van der Waals surface area contributed by atoms with Crippen LogP contribution in [0.4, 0.5) is 4.39 Å². The number of esters is 1. The molecule has 2 aromatic rings. The lowest BCUT2D eigenvalue weighted by molar-refractivity contribution is -0.144. The molecule has 0 saturated carbocycles. The minimum absolute atomic E-state index is 0.0507. The Labute approximate surface area is 141 Å². The van der Waals surface area contributed by atoms with Gasteiger partial charge in [0.25, 0.3) is 5.91 Å². The molecule has 4 nitrogen and oxygen atoms in total. The van der Waals surface area contributed by atoms with Gasteiger partial charge in [-0.05, 0) is 23.8 Å². The number of hydrogen-bond acceptors (Lipinski definition) is 3. The first kappa shape index (κ1) is 17.1. The van der Waals surface area contributed by atoms with Crippen LogP contribution in [0.5, 0.6) is 0 Å². The maximum Gasteiger partial charge on any atom is 0.307 e. The molecule has 0 atom stereocenters. The van der Waals surface area contributed by atoms with Crippen LogP contribution in [0, 0.1) is 5.82 Å². The molecule has 0 unspecified atom stereocenters. The van der Waals surface area contributed by atoms with Crippen molar-refractivity contribution in [3.05, 3.63) is 69.9 Å². The highest BCUT2D eigenvalue weighted by Crippen LogP contribution is 2.14. The maximum absolute atomic E-state index is 13.2. The fourth-order valence-electron chi connectivity index (χ4n) is 1.88. The number of halogens is 2. The van der Waals surface area contributed by atoms with E-state index >= 15 is 0 Å². The maximum atomic E-state index is 13.2. The number of amides is 1. The van der Waals surface area contributed by atoms with E-state index in [1.807, 2.05) is 30.3 Å². The molecule has 1 N–H and O–H groups in total. The molecule has 0 spiro atoms. The molecule has 0 heterocycles. The van der Waals surface area contributed by atoms with Gasteiger partial charge in [-0.25, -0.2) is 4.39 Å². The SMILES string of the molecule is O=C(CCNC(=O)c1cc(F)cc(Br)c1)OCc1ccccc1. The van der Waals surface area contributed by atoms with Gasteiger partial charge in [0.1, 0.15) is 12.4 Å².